The zero-order chi connectivity index (χ0) is 15.4. The summed E-state index contributed by atoms with van der Waals surface area (Å²) in [6.45, 7) is 3.87. The number of halogens is 2. The van der Waals surface area contributed by atoms with Crippen LogP contribution < -0.4 is 10.6 Å². The Morgan fingerprint density at radius 3 is 2.52 bits per heavy atom. The van der Waals surface area contributed by atoms with Gasteiger partial charge in [0.05, 0.1) is 6.04 Å². The van der Waals surface area contributed by atoms with Crippen molar-refractivity contribution in [1.29, 1.82) is 0 Å². The van der Waals surface area contributed by atoms with Gasteiger partial charge in [0.1, 0.15) is 0 Å². The Balaban J connectivity index is 1.91. The SMILES string of the molecule is CC(NC(C)c1ccc(Cl)cc1Cl)C(=O)NC1CCCC1. The molecule has 21 heavy (non-hydrogen) atoms. The van der Waals surface area contributed by atoms with Gasteiger partial charge in [0, 0.05) is 22.1 Å². The van der Waals surface area contributed by atoms with Crippen LogP contribution in [0.4, 0.5) is 0 Å². The number of benzene rings is 1. The van der Waals surface area contributed by atoms with Crippen molar-refractivity contribution in [2.75, 3.05) is 0 Å². The van der Waals surface area contributed by atoms with E-state index in [4.69, 9.17) is 23.2 Å². The summed E-state index contributed by atoms with van der Waals surface area (Å²) in [5, 5.41) is 7.62. The third kappa shape index (κ3) is 4.60. The minimum atomic E-state index is -0.257. The van der Waals surface area contributed by atoms with Gasteiger partial charge in [0.15, 0.2) is 0 Å². The fourth-order valence-corrected chi connectivity index (χ4v) is 3.36. The molecule has 0 saturated heterocycles. The number of carbonyl (C=O) groups excluding carboxylic acids is 1. The Morgan fingerprint density at radius 2 is 1.90 bits per heavy atom. The maximum absolute atomic E-state index is 12.2. The highest BCUT2D eigenvalue weighted by molar-refractivity contribution is 6.35. The average molecular weight is 329 g/mol. The normalized spacial score (nSPS) is 18.5. The lowest BCUT2D eigenvalue weighted by Crippen LogP contribution is -2.46. The van der Waals surface area contributed by atoms with Crippen molar-refractivity contribution in [3.63, 3.8) is 0 Å². The van der Waals surface area contributed by atoms with Crippen molar-refractivity contribution in [2.45, 2.75) is 57.7 Å². The highest BCUT2D eigenvalue weighted by Gasteiger charge is 2.22. The molecular weight excluding hydrogens is 307 g/mol. The molecular formula is C16H22Cl2N2O. The highest BCUT2D eigenvalue weighted by Crippen LogP contribution is 2.26. The molecule has 116 valence electrons. The summed E-state index contributed by atoms with van der Waals surface area (Å²) in [5.74, 6) is 0.0545. The first-order valence-corrected chi connectivity index (χ1v) is 8.24. The van der Waals surface area contributed by atoms with Gasteiger partial charge < -0.3 is 5.32 Å². The third-order valence-electron chi connectivity index (χ3n) is 4.02. The van der Waals surface area contributed by atoms with Crippen molar-refractivity contribution < 1.29 is 4.79 Å². The molecule has 0 aromatic heterocycles. The van der Waals surface area contributed by atoms with Crippen LogP contribution in [0.3, 0.4) is 0 Å². The molecule has 0 bridgehead atoms. The molecule has 1 aromatic rings. The van der Waals surface area contributed by atoms with E-state index in [1.165, 1.54) is 12.8 Å². The van der Waals surface area contributed by atoms with Gasteiger partial charge in [-0.1, -0.05) is 42.1 Å². The van der Waals surface area contributed by atoms with Crippen LogP contribution in [0.15, 0.2) is 18.2 Å². The Kier molecular flexibility index (Phi) is 5.91. The topological polar surface area (TPSA) is 41.1 Å². The van der Waals surface area contributed by atoms with Crippen molar-refractivity contribution in [2.24, 2.45) is 0 Å². The summed E-state index contributed by atoms with van der Waals surface area (Å²) in [7, 11) is 0. The van der Waals surface area contributed by atoms with E-state index in [9.17, 15) is 4.79 Å². The van der Waals surface area contributed by atoms with Crippen molar-refractivity contribution in [3.05, 3.63) is 33.8 Å². The van der Waals surface area contributed by atoms with Crippen molar-refractivity contribution in [3.8, 4) is 0 Å². The van der Waals surface area contributed by atoms with E-state index in [2.05, 4.69) is 10.6 Å². The second-order valence-corrected chi connectivity index (χ2v) is 6.61. The largest absolute Gasteiger partial charge is 0.352 e. The van der Waals surface area contributed by atoms with Gasteiger partial charge in [-0.05, 0) is 44.4 Å². The molecule has 1 saturated carbocycles. The lowest BCUT2D eigenvalue weighted by Gasteiger charge is -2.22. The van der Waals surface area contributed by atoms with Gasteiger partial charge in [-0.2, -0.15) is 0 Å². The molecule has 0 aliphatic heterocycles. The quantitative estimate of drug-likeness (QED) is 0.854. The number of nitrogens with one attached hydrogen (secondary N) is 2. The molecule has 2 unspecified atom stereocenters. The van der Waals surface area contributed by atoms with Gasteiger partial charge in [-0.25, -0.2) is 0 Å². The van der Waals surface area contributed by atoms with Gasteiger partial charge in [0.2, 0.25) is 5.91 Å². The van der Waals surface area contributed by atoms with Crippen LogP contribution in [0.2, 0.25) is 10.0 Å². The molecule has 1 fully saturated rings. The van der Waals surface area contributed by atoms with Crippen LogP contribution in [0.5, 0.6) is 0 Å². The number of hydrogen-bond donors (Lipinski definition) is 2. The second-order valence-electron chi connectivity index (χ2n) is 5.77. The molecule has 1 amide bonds. The number of hydrogen-bond acceptors (Lipinski definition) is 2. The van der Waals surface area contributed by atoms with Crippen molar-refractivity contribution in [1.82, 2.24) is 10.6 Å². The summed E-state index contributed by atoms with van der Waals surface area (Å²) < 4.78 is 0. The van der Waals surface area contributed by atoms with Crippen LogP contribution in [-0.4, -0.2) is 18.0 Å². The summed E-state index contributed by atoms with van der Waals surface area (Å²) in [6.07, 6.45) is 4.61. The summed E-state index contributed by atoms with van der Waals surface area (Å²) in [5.41, 5.74) is 0.946. The minimum Gasteiger partial charge on any atom is -0.352 e. The summed E-state index contributed by atoms with van der Waals surface area (Å²) in [4.78, 5) is 12.2. The Bertz CT molecular complexity index is 501. The van der Waals surface area contributed by atoms with E-state index in [1.54, 1.807) is 6.07 Å². The first-order chi connectivity index (χ1) is 9.97. The van der Waals surface area contributed by atoms with Crippen LogP contribution in [0, 0.1) is 0 Å². The van der Waals surface area contributed by atoms with E-state index in [-0.39, 0.29) is 18.0 Å². The standard InChI is InChI=1S/C16H22Cl2N2O/c1-10(14-8-7-12(17)9-15(14)18)19-11(2)16(21)20-13-5-3-4-6-13/h7-11,13,19H,3-6H2,1-2H3,(H,20,21). The predicted octanol–water partition coefficient (Wildman–Crippen LogP) is 4.09. The summed E-state index contributed by atoms with van der Waals surface area (Å²) >= 11 is 12.1. The number of rotatable bonds is 5. The van der Waals surface area contributed by atoms with Gasteiger partial charge in [0.25, 0.3) is 0 Å². The first-order valence-electron chi connectivity index (χ1n) is 7.48. The van der Waals surface area contributed by atoms with E-state index < -0.39 is 0 Å². The highest BCUT2D eigenvalue weighted by atomic mass is 35.5. The zero-order valence-electron chi connectivity index (χ0n) is 12.5. The maximum Gasteiger partial charge on any atom is 0.237 e. The molecule has 0 heterocycles. The molecule has 2 atom stereocenters. The van der Waals surface area contributed by atoms with Gasteiger partial charge in [-0.3, -0.25) is 10.1 Å². The van der Waals surface area contributed by atoms with Crippen LogP contribution in [0.1, 0.15) is 51.1 Å². The van der Waals surface area contributed by atoms with Gasteiger partial charge >= 0.3 is 0 Å². The van der Waals surface area contributed by atoms with E-state index in [1.807, 2.05) is 26.0 Å². The smallest absolute Gasteiger partial charge is 0.237 e. The van der Waals surface area contributed by atoms with E-state index in [0.717, 1.165) is 18.4 Å². The second kappa shape index (κ2) is 7.48. The maximum atomic E-state index is 12.2. The molecule has 1 aliphatic carbocycles. The third-order valence-corrected chi connectivity index (χ3v) is 4.59. The van der Waals surface area contributed by atoms with Crippen molar-refractivity contribution >= 4 is 29.1 Å². The molecule has 3 nitrogen and oxygen atoms in total. The van der Waals surface area contributed by atoms with Gasteiger partial charge in [-0.15, -0.1) is 0 Å². The molecule has 2 rings (SSSR count). The first kappa shape index (κ1) is 16.6. The average Bonchev–Trinajstić information content (AvgIpc) is 2.91. The monoisotopic (exact) mass is 328 g/mol. The minimum absolute atomic E-state index is 0.0147. The molecule has 5 heteroatoms. The molecule has 2 N–H and O–H groups in total. The van der Waals surface area contributed by atoms with Crippen LogP contribution in [0.25, 0.3) is 0 Å². The predicted molar refractivity (Wildman–Crippen MR) is 87.9 cm³/mol. The number of carbonyl (C=O) groups is 1. The van der Waals surface area contributed by atoms with E-state index in [0.29, 0.717) is 16.1 Å². The van der Waals surface area contributed by atoms with Crippen LogP contribution in [-0.2, 0) is 4.79 Å². The Morgan fingerprint density at radius 1 is 1.24 bits per heavy atom. The molecule has 0 spiro atoms. The lowest BCUT2D eigenvalue weighted by atomic mass is 10.1. The Hall–Kier alpha value is -0.770. The fourth-order valence-electron chi connectivity index (χ4n) is 2.79. The summed E-state index contributed by atoms with van der Waals surface area (Å²) in [6, 6.07) is 5.50. The Labute approximate surface area is 136 Å². The molecule has 0 radical (unpaired) electrons. The lowest BCUT2D eigenvalue weighted by molar-refractivity contribution is -0.123. The van der Waals surface area contributed by atoms with E-state index >= 15 is 0 Å². The fraction of sp³-hybridized carbons (Fsp3) is 0.562. The van der Waals surface area contributed by atoms with Crippen LogP contribution >= 0.6 is 23.2 Å². The number of amides is 1. The molecule has 1 aromatic carbocycles. The molecule has 1 aliphatic rings. The zero-order valence-corrected chi connectivity index (χ0v) is 14.0.